The first-order valence-corrected chi connectivity index (χ1v) is 9.67. The second kappa shape index (κ2) is 6.37. The fraction of sp³-hybridized carbons (Fsp3) is 0.200. The zero-order valence-corrected chi connectivity index (χ0v) is 13.8. The second-order valence-electron chi connectivity index (χ2n) is 4.66. The van der Waals surface area contributed by atoms with E-state index in [2.05, 4.69) is 4.67 Å². The van der Waals surface area contributed by atoms with Crippen LogP contribution >= 0.6 is 18.2 Å². The van der Waals surface area contributed by atoms with Gasteiger partial charge in [-0.15, -0.1) is 0 Å². The largest absolute Gasteiger partial charge is 0.429 e. The third-order valence-electron chi connectivity index (χ3n) is 3.14. The third-order valence-corrected chi connectivity index (χ3v) is 6.47. The minimum Gasteiger partial charge on any atom is -0.429 e. The van der Waals surface area contributed by atoms with E-state index < -0.39 is 6.64 Å². The van der Waals surface area contributed by atoms with Gasteiger partial charge in [-0.1, -0.05) is 35.9 Å². The highest BCUT2D eigenvalue weighted by molar-refractivity contribution is 8.10. The van der Waals surface area contributed by atoms with Gasteiger partial charge in [0.25, 0.3) is 0 Å². The molecule has 1 heterocycles. The van der Waals surface area contributed by atoms with E-state index in [-0.39, 0.29) is 0 Å². The van der Waals surface area contributed by atoms with Gasteiger partial charge in [-0.25, -0.2) is 0 Å². The molecular weight excluding hydrogens is 325 g/mol. The molecule has 1 fully saturated rings. The Morgan fingerprint density at radius 1 is 1.14 bits per heavy atom. The highest BCUT2D eigenvalue weighted by atomic mass is 35.5. The second-order valence-corrected chi connectivity index (χ2v) is 8.34. The van der Waals surface area contributed by atoms with Crippen LogP contribution in [0.25, 0.3) is 0 Å². The van der Waals surface area contributed by atoms with E-state index in [1.54, 1.807) is 12.1 Å². The van der Waals surface area contributed by atoms with E-state index in [1.807, 2.05) is 42.5 Å². The normalized spacial score (nSPS) is 22.0. The lowest BCUT2D eigenvalue weighted by atomic mass is 10.3. The lowest BCUT2D eigenvalue weighted by Gasteiger charge is -2.38. The first-order valence-electron chi connectivity index (χ1n) is 6.70. The number of hydrogen-bond acceptors (Lipinski definition) is 3. The van der Waals surface area contributed by atoms with Gasteiger partial charge in [0.1, 0.15) is 5.75 Å². The van der Waals surface area contributed by atoms with Crippen molar-refractivity contribution in [2.75, 3.05) is 17.8 Å². The quantitative estimate of drug-likeness (QED) is 0.744. The van der Waals surface area contributed by atoms with Crippen LogP contribution in [0.4, 0.5) is 5.69 Å². The Morgan fingerprint density at radius 3 is 2.71 bits per heavy atom. The maximum Gasteiger partial charge on any atom is 0.342 e. The molecule has 0 N–H and O–H groups in total. The van der Waals surface area contributed by atoms with Crippen LogP contribution in [0.5, 0.6) is 5.75 Å². The van der Waals surface area contributed by atoms with E-state index >= 15 is 0 Å². The Bertz CT molecular complexity index is 668. The highest BCUT2D eigenvalue weighted by Gasteiger charge is 2.33. The van der Waals surface area contributed by atoms with E-state index in [4.69, 9.17) is 32.5 Å². The molecule has 0 aromatic heterocycles. The molecule has 6 heteroatoms. The van der Waals surface area contributed by atoms with Gasteiger partial charge in [-0.2, -0.15) is 0 Å². The van der Waals surface area contributed by atoms with Gasteiger partial charge in [-0.05, 0) is 48.6 Å². The molecule has 1 aliphatic rings. The van der Waals surface area contributed by atoms with Gasteiger partial charge < -0.3 is 9.05 Å². The SMILES string of the molecule is S=[P@@]1(Oc2cccc(Cl)c2)OCCCN1c1ccccc1. The molecule has 0 unspecified atom stereocenters. The van der Waals surface area contributed by atoms with Crippen LogP contribution in [0.3, 0.4) is 0 Å². The predicted molar refractivity (Wildman–Crippen MR) is 90.7 cm³/mol. The first-order chi connectivity index (χ1) is 10.2. The number of rotatable bonds is 3. The van der Waals surface area contributed by atoms with E-state index in [0.29, 0.717) is 17.4 Å². The fourth-order valence-electron chi connectivity index (χ4n) is 2.19. The summed E-state index contributed by atoms with van der Waals surface area (Å²) in [6, 6.07) is 17.3. The van der Waals surface area contributed by atoms with Gasteiger partial charge in [-0.3, -0.25) is 4.67 Å². The lowest BCUT2D eigenvalue weighted by Crippen LogP contribution is -2.30. The first kappa shape index (κ1) is 14.9. The molecular formula is C15H15ClNO2PS. The average Bonchev–Trinajstić information content (AvgIpc) is 2.48. The molecule has 3 rings (SSSR count). The summed E-state index contributed by atoms with van der Waals surface area (Å²) in [7, 11) is 0. The Balaban J connectivity index is 1.91. The molecule has 1 atom stereocenters. The van der Waals surface area contributed by atoms with Crippen molar-refractivity contribution in [3.05, 3.63) is 59.6 Å². The summed E-state index contributed by atoms with van der Waals surface area (Å²) in [4.78, 5) is 0. The summed E-state index contributed by atoms with van der Waals surface area (Å²) in [6.45, 7) is -1.12. The van der Waals surface area contributed by atoms with Gasteiger partial charge in [0, 0.05) is 17.3 Å². The number of anilines is 1. The average molecular weight is 340 g/mol. The summed E-state index contributed by atoms with van der Waals surface area (Å²) in [5.41, 5.74) is 1.03. The number of benzene rings is 2. The van der Waals surface area contributed by atoms with Crippen LogP contribution in [-0.2, 0) is 16.3 Å². The number of halogens is 1. The van der Waals surface area contributed by atoms with Crippen LogP contribution in [0.2, 0.25) is 5.02 Å². The summed E-state index contributed by atoms with van der Waals surface area (Å²) in [6.07, 6.45) is 0.937. The molecule has 0 spiro atoms. The van der Waals surface area contributed by atoms with Crippen molar-refractivity contribution in [1.29, 1.82) is 0 Å². The van der Waals surface area contributed by atoms with Gasteiger partial charge >= 0.3 is 6.64 Å². The third kappa shape index (κ3) is 3.41. The summed E-state index contributed by atoms with van der Waals surface area (Å²) in [5.74, 6) is 0.647. The van der Waals surface area contributed by atoms with E-state index in [1.165, 1.54) is 0 Å². The number of hydrogen-bond donors (Lipinski definition) is 0. The maximum atomic E-state index is 6.04. The molecule has 2 aromatic carbocycles. The van der Waals surface area contributed by atoms with Crippen molar-refractivity contribution >= 4 is 35.7 Å². The van der Waals surface area contributed by atoms with Gasteiger partial charge in [0.15, 0.2) is 0 Å². The highest BCUT2D eigenvalue weighted by Crippen LogP contribution is 2.56. The molecule has 3 nitrogen and oxygen atoms in total. The summed E-state index contributed by atoms with van der Waals surface area (Å²) in [5, 5.41) is 0.623. The van der Waals surface area contributed by atoms with Crippen molar-refractivity contribution in [2.24, 2.45) is 0 Å². The minimum atomic E-state index is -2.58. The molecule has 0 aliphatic carbocycles. The van der Waals surface area contributed by atoms with Crippen LogP contribution < -0.4 is 9.19 Å². The zero-order chi connectivity index (χ0) is 14.7. The predicted octanol–water partition coefficient (Wildman–Crippen LogP) is 4.87. The molecule has 0 radical (unpaired) electrons. The van der Waals surface area contributed by atoms with E-state index in [9.17, 15) is 0 Å². The lowest BCUT2D eigenvalue weighted by molar-refractivity contribution is 0.286. The molecule has 0 saturated carbocycles. The molecule has 2 aromatic rings. The number of nitrogens with zero attached hydrogens (tertiary/aromatic N) is 1. The Labute approximate surface area is 134 Å². The van der Waals surface area contributed by atoms with Gasteiger partial charge in [0.05, 0.1) is 6.61 Å². The Hall–Kier alpha value is -1.06. The number of para-hydroxylation sites is 1. The van der Waals surface area contributed by atoms with Crippen molar-refractivity contribution in [3.63, 3.8) is 0 Å². The summed E-state index contributed by atoms with van der Waals surface area (Å²) >= 11 is 11.7. The summed E-state index contributed by atoms with van der Waals surface area (Å²) < 4.78 is 14.0. The van der Waals surface area contributed by atoms with Crippen molar-refractivity contribution in [2.45, 2.75) is 6.42 Å². The Kier molecular flexibility index (Phi) is 4.51. The monoisotopic (exact) mass is 339 g/mol. The molecule has 110 valence electrons. The van der Waals surface area contributed by atoms with Crippen LogP contribution in [0.15, 0.2) is 54.6 Å². The molecule has 1 aliphatic heterocycles. The van der Waals surface area contributed by atoms with Crippen LogP contribution in [0, 0.1) is 0 Å². The molecule has 1 saturated heterocycles. The smallest absolute Gasteiger partial charge is 0.342 e. The Morgan fingerprint density at radius 2 is 1.95 bits per heavy atom. The van der Waals surface area contributed by atoms with Crippen molar-refractivity contribution < 1.29 is 9.05 Å². The van der Waals surface area contributed by atoms with Crippen LogP contribution in [0.1, 0.15) is 6.42 Å². The van der Waals surface area contributed by atoms with Crippen LogP contribution in [-0.4, -0.2) is 13.2 Å². The molecule has 0 bridgehead atoms. The molecule has 21 heavy (non-hydrogen) atoms. The molecule has 0 amide bonds. The topological polar surface area (TPSA) is 21.7 Å². The van der Waals surface area contributed by atoms with Crippen molar-refractivity contribution in [3.8, 4) is 5.75 Å². The van der Waals surface area contributed by atoms with Gasteiger partial charge in [0.2, 0.25) is 0 Å². The maximum absolute atomic E-state index is 6.04. The fourth-order valence-corrected chi connectivity index (χ4v) is 5.21. The standard InChI is InChI=1S/C15H15ClNO2PS/c16-13-6-4-9-15(12-13)19-20(21)17(10-5-11-18-20)14-7-2-1-3-8-14/h1-4,6-9,12H,5,10-11H2/t20-/m1/s1. The minimum absolute atomic E-state index is 0.623. The van der Waals surface area contributed by atoms with Crippen molar-refractivity contribution in [1.82, 2.24) is 0 Å². The van der Waals surface area contributed by atoms with E-state index in [0.717, 1.165) is 18.7 Å². The zero-order valence-electron chi connectivity index (χ0n) is 11.3.